The van der Waals surface area contributed by atoms with Crippen LogP contribution >= 0.6 is 18.8 Å². The summed E-state index contributed by atoms with van der Waals surface area (Å²) >= 11 is 0. The van der Waals surface area contributed by atoms with E-state index in [-0.39, 0.29) is 0 Å². The molecule has 2 atom stereocenters. The molecule has 0 aliphatic heterocycles. The predicted molar refractivity (Wildman–Crippen MR) is 30.6 cm³/mol. The Morgan fingerprint density at radius 3 is 1.60 bits per heavy atom. The van der Waals surface area contributed by atoms with E-state index in [1.165, 1.54) is 0 Å². The van der Waals surface area contributed by atoms with Gasteiger partial charge in [-0.2, -0.15) is 0 Å². The molecule has 5 heavy (non-hydrogen) atoms. The van der Waals surface area contributed by atoms with Crippen LogP contribution in [0.3, 0.4) is 0 Å². The molecule has 0 saturated carbocycles. The molecular weight excluding hydrogens is 102 g/mol. The average Bonchev–Trinajstić information content (AvgIpc) is 1.41. The summed E-state index contributed by atoms with van der Waals surface area (Å²) in [5.74, 6) is 0. The van der Waals surface area contributed by atoms with E-state index in [1.807, 2.05) is 0 Å². The third-order valence-electron chi connectivity index (χ3n) is 0.204. The maximum absolute atomic E-state index is 2.80. The van der Waals surface area contributed by atoms with Crippen LogP contribution in [0.5, 0.6) is 0 Å². The summed E-state index contributed by atoms with van der Waals surface area (Å²) in [6, 6.07) is 0. The van der Waals surface area contributed by atoms with Crippen LogP contribution in [0.1, 0.15) is 0 Å². The quantitative estimate of drug-likeness (QED) is 0.377. The first-order valence-electron chi connectivity index (χ1n) is 1.28. The van der Waals surface area contributed by atoms with Gasteiger partial charge in [0.05, 0.1) is 6.67 Å². The molecule has 0 amide bonds. The van der Waals surface area contributed by atoms with Gasteiger partial charge in [0, 0.05) is 0 Å². The average molecular weight is 110 g/mol. The van der Waals surface area contributed by atoms with Gasteiger partial charge in [0.15, 0.2) is 0 Å². The van der Waals surface area contributed by atoms with Gasteiger partial charge in [0.25, 0.3) is 0 Å². The standard InChI is InChI=1S/CH8N2P2/c4-2-1-3-5/h2-3H,1,4-5H2. The largest absolute Gasteiger partial charge is 0.288 e. The minimum atomic E-state index is 0.815. The first-order chi connectivity index (χ1) is 2.41. The van der Waals surface area contributed by atoms with Crippen LogP contribution in [-0.2, 0) is 0 Å². The molecule has 0 bridgehead atoms. The Kier molecular flexibility index (Phi) is 5.53. The lowest BCUT2D eigenvalue weighted by molar-refractivity contribution is 0.918. The van der Waals surface area contributed by atoms with E-state index in [9.17, 15) is 0 Å². The summed E-state index contributed by atoms with van der Waals surface area (Å²) in [7, 11) is 4.75. The van der Waals surface area contributed by atoms with Crippen molar-refractivity contribution < 1.29 is 0 Å². The second kappa shape index (κ2) is 4.78. The Hall–Kier alpha value is 0.780. The predicted octanol–water partition coefficient (Wildman–Crippen LogP) is -0.297. The molecule has 0 aliphatic rings. The molecule has 0 saturated heterocycles. The Morgan fingerprint density at radius 1 is 1.20 bits per heavy atom. The molecule has 2 nitrogen and oxygen atoms in total. The van der Waals surface area contributed by atoms with Crippen LogP contribution in [0.15, 0.2) is 0 Å². The fourth-order valence-corrected chi connectivity index (χ4v) is 0.530. The van der Waals surface area contributed by atoms with E-state index in [1.54, 1.807) is 0 Å². The van der Waals surface area contributed by atoms with Crippen molar-refractivity contribution >= 4 is 18.8 Å². The molecule has 0 aromatic carbocycles. The zero-order valence-electron chi connectivity index (χ0n) is 2.86. The molecular formula is CH8N2P2. The molecule has 2 unspecified atom stereocenters. The first kappa shape index (κ1) is 5.78. The van der Waals surface area contributed by atoms with Crippen LogP contribution in [0.4, 0.5) is 0 Å². The molecule has 2 N–H and O–H groups in total. The lowest BCUT2D eigenvalue weighted by atomic mass is 11.3. The molecule has 0 aliphatic carbocycles. The molecule has 0 heterocycles. The first-order valence-corrected chi connectivity index (χ1v) is 2.44. The molecule has 0 spiro atoms. The summed E-state index contributed by atoms with van der Waals surface area (Å²) in [4.78, 5) is 0. The van der Waals surface area contributed by atoms with E-state index in [2.05, 4.69) is 29.0 Å². The van der Waals surface area contributed by atoms with Crippen molar-refractivity contribution in [3.63, 3.8) is 0 Å². The van der Waals surface area contributed by atoms with Crippen LogP contribution in [0.2, 0.25) is 0 Å². The Morgan fingerprint density at radius 2 is 1.60 bits per heavy atom. The lowest BCUT2D eigenvalue weighted by Crippen LogP contribution is -2.10. The maximum atomic E-state index is 2.80. The van der Waals surface area contributed by atoms with Crippen molar-refractivity contribution in [2.24, 2.45) is 0 Å². The SMILES string of the molecule is PNCNP. The number of nitrogens with one attached hydrogen (secondary N) is 2. The van der Waals surface area contributed by atoms with Crippen LogP contribution in [0, 0.1) is 0 Å². The van der Waals surface area contributed by atoms with E-state index >= 15 is 0 Å². The number of rotatable bonds is 2. The van der Waals surface area contributed by atoms with Gasteiger partial charge >= 0.3 is 0 Å². The normalized spacial score (nSPS) is 8.40. The van der Waals surface area contributed by atoms with Crippen LogP contribution < -0.4 is 10.2 Å². The van der Waals surface area contributed by atoms with Crippen molar-refractivity contribution in [3.8, 4) is 0 Å². The number of hydrogen-bond donors (Lipinski definition) is 2. The monoisotopic (exact) mass is 110 g/mol. The summed E-state index contributed by atoms with van der Waals surface area (Å²) < 4.78 is 0. The van der Waals surface area contributed by atoms with Gasteiger partial charge in [0.1, 0.15) is 0 Å². The van der Waals surface area contributed by atoms with Gasteiger partial charge in [-0.25, -0.2) is 0 Å². The highest BCUT2D eigenvalue weighted by molar-refractivity contribution is 7.14. The van der Waals surface area contributed by atoms with Gasteiger partial charge in [-0.15, -0.1) is 0 Å². The molecule has 32 valence electrons. The summed E-state index contributed by atoms with van der Waals surface area (Å²) in [6.07, 6.45) is 0. The minimum Gasteiger partial charge on any atom is -0.288 e. The molecule has 0 aromatic rings. The molecule has 0 radical (unpaired) electrons. The van der Waals surface area contributed by atoms with Gasteiger partial charge in [-0.1, -0.05) is 18.8 Å². The highest BCUT2D eigenvalue weighted by Gasteiger charge is 1.60. The second-order valence-corrected chi connectivity index (χ2v) is 1.40. The number of hydrogen-bond acceptors (Lipinski definition) is 2. The Bertz CT molecular complexity index is 15.1. The van der Waals surface area contributed by atoms with E-state index in [0.29, 0.717) is 0 Å². The zero-order valence-corrected chi connectivity index (χ0v) is 5.17. The van der Waals surface area contributed by atoms with E-state index in [0.717, 1.165) is 6.67 Å². The Balaban J connectivity index is 2.19. The fraction of sp³-hybridized carbons (Fsp3) is 1.00. The smallest absolute Gasteiger partial charge is 0.0513 e. The highest BCUT2D eigenvalue weighted by Crippen LogP contribution is 1.65. The van der Waals surface area contributed by atoms with Gasteiger partial charge < -0.3 is 0 Å². The molecule has 0 rings (SSSR count). The fourth-order valence-electron chi connectivity index (χ4n) is 0.0589. The maximum Gasteiger partial charge on any atom is 0.0513 e. The van der Waals surface area contributed by atoms with E-state index < -0.39 is 0 Å². The van der Waals surface area contributed by atoms with Crippen LogP contribution in [-0.4, -0.2) is 6.67 Å². The van der Waals surface area contributed by atoms with Crippen molar-refractivity contribution in [3.05, 3.63) is 0 Å². The van der Waals surface area contributed by atoms with E-state index in [4.69, 9.17) is 0 Å². The van der Waals surface area contributed by atoms with Crippen molar-refractivity contribution in [2.75, 3.05) is 6.67 Å². The van der Waals surface area contributed by atoms with Gasteiger partial charge in [-0.3, -0.25) is 10.2 Å². The molecule has 4 heteroatoms. The third kappa shape index (κ3) is 4.78. The molecule has 0 fully saturated rings. The van der Waals surface area contributed by atoms with Gasteiger partial charge in [-0.05, 0) is 0 Å². The second-order valence-electron chi connectivity index (χ2n) is 0.585. The van der Waals surface area contributed by atoms with Crippen LogP contribution in [0.25, 0.3) is 0 Å². The topological polar surface area (TPSA) is 24.1 Å². The molecule has 0 aromatic heterocycles. The summed E-state index contributed by atoms with van der Waals surface area (Å²) in [5.41, 5.74) is 0. The van der Waals surface area contributed by atoms with Crippen molar-refractivity contribution in [1.29, 1.82) is 0 Å². The lowest BCUT2D eigenvalue weighted by Gasteiger charge is -1.88. The highest BCUT2D eigenvalue weighted by atomic mass is 31.0. The minimum absolute atomic E-state index is 0.815. The van der Waals surface area contributed by atoms with Crippen molar-refractivity contribution in [1.82, 2.24) is 10.2 Å². The van der Waals surface area contributed by atoms with Gasteiger partial charge in [0.2, 0.25) is 0 Å². The summed E-state index contributed by atoms with van der Waals surface area (Å²) in [5, 5.41) is 5.60. The van der Waals surface area contributed by atoms with Crippen molar-refractivity contribution in [2.45, 2.75) is 0 Å². The summed E-state index contributed by atoms with van der Waals surface area (Å²) in [6.45, 7) is 0.815. The zero-order chi connectivity index (χ0) is 4.12. The third-order valence-corrected chi connectivity index (χ3v) is 0.612. The Labute approximate surface area is 36.6 Å².